The van der Waals surface area contributed by atoms with Gasteiger partial charge in [-0.25, -0.2) is 0 Å². The summed E-state index contributed by atoms with van der Waals surface area (Å²) in [5.41, 5.74) is 0.989. The van der Waals surface area contributed by atoms with E-state index in [1.54, 1.807) is 11.8 Å². The van der Waals surface area contributed by atoms with Crippen LogP contribution in [0.4, 0.5) is 5.82 Å². The molecule has 0 aliphatic carbocycles. The minimum absolute atomic E-state index is 0.196. The first-order chi connectivity index (χ1) is 8.01. The number of aromatic nitrogens is 1. The lowest BCUT2D eigenvalue weighted by molar-refractivity contribution is -0.389. The van der Waals surface area contributed by atoms with Crippen LogP contribution >= 0.6 is 0 Å². The van der Waals surface area contributed by atoms with Crippen LogP contribution < -0.4 is 0 Å². The third kappa shape index (κ3) is 2.77. The first-order valence-electron chi connectivity index (χ1n) is 5.41. The van der Waals surface area contributed by atoms with Crippen molar-refractivity contribution in [3.63, 3.8) is 0 Å². The summed E-state index contributed by atoms with van der Waals surface area (Å²) in [5.74, 6) is -0.496. The van der Waals surface area contributed by atoms with Crippen LogP contribution in [-0.4, -0.2) is 33.8 Å². The van der Waals surface area contributed by atoms with E-state index < -0.39 is 4.92 Å². The van der Waals surface area contributed by atoms with Crippen LogP contribution in [0.25, 0.3) is 0 Å². The number of amides is 1. The zero-order chi connectivity index (χ0) is 13.0. The number of nitro groups is 1. The van der Waals surface area contributed by atoms with Gasteiger partial charge in [0.05, 0.1) is 5.56 Å². The van der Waals surface area contributed by atoms with Crippen molar-refractivity contribution in [2.75, 3.05) is 13.1 Å². The maximum Gasteiger partial charge on any atom is 0.364 e. The van der Waals surface area contributed by atoms with Gasteiger partial charge in [-0.2, -0.15) is 0 Å². The molecule has 0 N–H and O–H groups in total. The van der Waals surface area contributed by atoms with Crippen molar-refractivity contribution in [3.8, 4) is 0 Å². The van der Waals surface area contributed by atoms with Crippen LogP contribution in [0.15, 0.2) is 12.3 Å². The summed E-state index contributed by atoms with van der Waals surface area (Å²) in [6.07, 6.45) is 1.36. The molecule has 17 heavy (non-hydrogen) atoms. The summed E-state index contributed by atoms with van der Waals surface area (Å²) in [6.45, 7) is 6.60. The number of nitrogens with zero attached hydrogens (tertiary/aromatic N) is 3. The van der Waals surface area contributed by atoms with Gasteiger partial charge in [-0.1, -0.05) is 0 Å². The van der Waals surface area contributed by atoms with Gasteiger partial charge in [0, 0.05) is 24.7 Å². The van der Waals surface area contributed by atoms with E-state index in [0.717, 1.165) is 0 Å². The predicted molar refractivity (Wildman–Crippen MR) is 62.9 cm³/mol. The number of pyridine rings is 1. The minimum atomic E-state index is -0.599. The molecule has 6 nitrogen and oxygen atoms in total. The molecule has 0 aromatic carbocycles. The molecule has 0 spiro atoms. The molecule has 0 saturated heterocycles. The van der Waals surface area contributed by atoms with Crippen LogP contribution in [0.3, 0.4) is 0 Å². The highest BCUT2D eigenvalue weighted by atomic mass is 16.6. The number of rotatable bonds is 4. The van der Waals surface area contributed by atoms with E-state index in [4.69, 9.17) is 0 Å². The van der Waals surface area contributed by atoms with Crippen molar-refractivity contribution in [1.29, 1.82) is 0 Å². The maximum atomic E-state index is 12.1. The van der Waals surface area contributed by atoms with Gasteiger partial charge in [0.15, 0.2) is 0 Å². The molecule has 1 aromatic rings. The van der Waals surface area contributed by atoms with Crippen molar-refractivity contribution in [2.45, 2.75) is 20.8 Å². The highest BCUT2D eigenvalue weighted by Gasteiger charge is 2.19. The molecule has 0 saturated carbocycles. The van der Waals surface area contributed by atoms with Gasteiger partial charge in [-0.15, -0.1) is 0 Å². The average Bonchev–Trinajstić information content (AvgIpc) is 2.30. The Kier molecular flexibility index (Phi) is 4.14. The molecule has 1 amide bonds. The molecular weight excluding hydrogens is 222 g/mol. The molecule has 0 unspecified atom stereocenters. The van der Waals surface area contributed by atoms with E-state index >= 15 is 0 Å². The van der Waals surface area contributed by atoms with E-state index in [2.05, 4.69) is 4.98 Å². The van der Waals surface area contributed by atoms with Gasteiger partial charge < -0.3 is 15.0 Å². The Morgan fingerprint density at radius 3 is 2.53 bits per heavy atom. The average molecular weight is 237 g/mol. The van der Waals surface area contributed by atoms with Crippen molar-refractivity contribution in [1.82, 2.24) is 9.88 Å². The summed E-state index contributed by atoms with van der Waals surface area (Å²) < 4.78 is 0. The largest absolute Gasteiger partial charge is 0.364 e. The summed E-state index contributed by atoms with van der Waals surface area (Å²) >= 11 is 0. The number of aryl methyl sites for hydroxylation is 1. The molecule has 1 aromatic heterocycles. The van der Waals surface area contributed by atoms with Gasteiger partial charge in [0.25, 0.3) is 5.91 Å². The first-order valence-corrected chi connectivity index (χ1v) is 5.41. The number of hydrogen-bond donors (Lipinski definition) is 0. The van der Waals surface area contributed by atoms with Gasteiger partial charge in [0.1, 0.15) is 6.20 Å². The van der Waals surface area contributed by atoms with E-state index in [-0.39, 0.29) is 11.7 Å². The van der Waals surface area contributed by atoms with Gasteiger partial charge in [-0.3, -0.25) is 4.79 Å². The summed E-state index contributed by atoms with van der Waals surface area (Å²) in [4.78, 5) is 27.4. The Hall–Kier alpha value is -1.98. The van der Waals surface area contributed by atoms with Crippen molar-refractivity contribution < 1.29 is 9.72 Å². The molecule has 0 fully saturated rings. The fourth-order valence-electron chi connectivity index (χ4n) is 1.52. The molecule has 92 valence electrons. The van der Waals surface area contributed by atoms with Crippen molar-refractivity contribution in [3.05, 3.63) is 33.5 Å². The summed E-state index contributed by atoms with van der Waals surface area (Å²) in [5, 5.41) is 10.6. The van der Waals surface area contributed by atoms with E-state index in [1.165, 1.54) is 12.3 Å². The third-order valence-corrected chi connectivity index (χ3v) is 2.56. The molecule has 0 bridgehead atoms. The maximum absolute atomic E-state index is 12.1. The molecule has 6 heteroatoms. The van der Waals surface area contributed by atoms with Crippen LogP contribution in [0, 0.1) is 17.0 Å². The van der Waals surface area contributed by atoms with E-state index in [1.807, 2.05) is 13.8 Å². The Morgan fingerprint density at radius 1 is 1.47 bits per heavy atom. The number of hydrogen-bond acceptors (Lipinski definition) is 4. The molecular formula is C11H15N3O3. The highest BCUT2D eigenvalue weighted by Crippen LogP contribution is 2.15. The lowest BCUT2D eigenvalue weighted by atomic mass is 10.1. The fourth-order valence-corrected chi connectivity index (χ4v) is 1.52. The van der Waals surface area contributed by atoms with Gasteiger partial charge in [-0.05, 0) is 30.7 Å². The lowest BCUT2D eigenvalue weighted by Crippen LogP contribution is -2.31. The zero-order valence-corrected chi connectivity index (χ0v) is 10.1. The van der Waals surface area contributed by atoms with Crippen molar-refractivity contribution >= 4 is 11.7 Å². The SMILES string of the molecule is CCN(CC)C(=O)c1cc([N+](=O)[O-])ncc1C. The van der Waals surface area contributed by atoms with Crippen molar-refractivity contribution in [2.24, 2.45) is 0 Å². The van der Waals surface area contributed by atoms with Gasteiger partial charge in [0.2, 0.25) is 0 Å². The topological polar surface area (TPSA) is 76.3 Å². The highest BCUT2D eigenvalue weighted by molar-refractivity contribution is 5.96. The monoisotopic (exact) mass is 237 g/mol. The zero-order valence-electron chi connectivity index (χ0n) is 10.1. The number of carbonyl (C=O) groups excluding carboxylic acids is 1. The molecule has 0 radical (unpaired) electrons. The lowest BCUT2D eigenvalue weighted by Gasteiger charge is -2.19. The van der Waals surface area contributed by atoms with E-state index in [9.17, 15) is 14.9 Å². The minimum Gasteiger partial charge on any atom is -0.358 e. The molecule has 0 aliphatic rings. The Balaban J connectivity index is 3.16. The summed E-state index contributed by atoms with van der Waals surface area (Å²) in [7, 11) is 0. The number of carbonyl (C=O) groups is 1. The smallest absolute Gasteiger partial charge is 0.358 e. The fraction of sp³-hybridized carbons (Fsp3) is 0.455. The van der Waals surface area contributed by atoms with Crippen LogP contribution in [-0.2, 0) is 0 Å². The Morgan fingerprint density at radius 2 is 2.06 bits per heavy atom. The molecule has 0 aliphatic heterocycles. The Labute approximate surface area is 99.4 Å². The molecule has 1 rings (SSSR count). The Bertz CT molecular complexity index is 442. The van der Waals surface area contributed by atoms with Crippen LogP contribution in [0.1, 0.15) is 29.8 Å². The second-order valence-corrected chi connectivity index (χ2v) is 3.59. The summed E-state index contributed by atoms with van der Waals surface area (Å²) in [6, 6.07) is 1.23. The molecule has 1 heterocycles. The first kappa shape index (κ1) is 13.1. The second kappa shape index (κ2) is 5.38. The van der Waals surface area contributed by atoms with E-state index in [0.29, 0.717) is 24.2 Å². The quantitative estimate of drug-likeness (QED) is 0.590. The van der Waals surface area contributed by atoms with Crippen LogP contribution in [0.5, 0.6) is 0 Å². The molecule has 0 atom stereocenters. The third-order valence-electron chi connectivity index (χ3n) is 2.56. The normalized spacial score (nSPS) is 10.1. The second-order valence-electron chi connectivity index (χ2n) is 3.59. The van der Waals surface area contributed by atoms with Gasteiger partial charge >= 0.3 is 5.82 Å². The standard InChI is InChI=1S/C11H15N3O3/c1-4-13(5-2)11(15)9-6-10(14(16)17)12-7-8(9)3/h6-7H,4-5H2,1-3H3. The predicted octanol–water partition coefficient (Wildman–Crippen LogP) is 1.78. The van der Waals surface area contributed by atoms with Crippen LogP contribution in [0.2, 0.25) is 0 Å².